The molecule has 1 heterocycles. The quantitative estimate of drug-likeness (QED) is 0.641. The van der Waals surface area contributed by atoms with E-state index in [0.29, 0.717) is 23.4 Å². The van der Waals surface area contributed by atoms with Gasteiger partial charge in [0.2, 0.25) is 5.89 Å². The van der Waals surface area contributed by atoms with Crippen LogP contribution in [-0.4, -0.2) is 29.2 Å². The Balaban J connectivity index is 1.63. The van der Waals surface area contributed by atoms with E-state index in [4.69, 9.17) is 4.42 Å². The van der Waals surface area contributed by atoms with Crippen LogP contribution in [0.15, 0.2) is 57.4 Å². The van der Waals surface area contributed by atoms with Crippen molar-refractivity contribution in [2.24, 2.45) is 0 Å². The summed E-state index contributed by atoms with van der Waals surface area (Å²) in [6.07, 6.45) is 0.462. The van der Waals surface area contributed by atoms with Gasteiger partial charge in [-0.1, -0.05) is 33.2 Å². The van der Waals surface area contributed by atoms with Crippen molar-refractivity contribution < 1.29 is 18.7 Å². The Hall–Kier alpha value is -3.00. The number of carbonyl (C=O) groups excluding carboxylic acids is 2. The summed E-state index contributed by atoms with van der Waals surface area (Å²) in [5.74, 6) is -0.490. The number of benzene rings is 2. The number of hydrogen-bond donors (Lipinski definition) is 1. The van der Waals surface area contributed by atoms with Crippen LogP contribution in [0.2, 0.25) is 0 Å². The van der Waals surface area contributed by atoms with E-state index in [1.165, 1.54) is 31.4 Å². The first-order valence-corrected chi connectivity index (χ1v) is 8.41. The number of rotatable bonds is 5. The molecule has 0 aliphatic carbocycles. The number of nitrogens with one attached hydrogen (secondary N) is 1. The molecule has 1 N–H and O–H groups in total. The van der Waals surface area contributed by atoms with Crippen LogP contribution in [0, 0.1) is 0 Å². The first kappa shape index (κ1) is 17.8. The van der Waals surface area contributed by atoms with E-state index in [2.05, 4.69) is 36.2 Å². The van der Waals surface area contributed by atoms with E-state index >= 15 is 0 Å². The molecule has 0 spiro atoms. The Labute approximate surface area is 157 Å². The van der Waals surface area contributed by atoms with Crippen LogP contribution in [0.25, 0.3) is 0 Å². The average Bonchev–Trinajstić information content (AvgIpc) is 3.10. The second-order valence-corrected chi connectivity index (χ2v) is 6.24. The molecule has 2 aromatic carbocycles. The lowest BCUT2D eigenvalue weighted by Gasteiger charge is -2.02. The number of carbonyl (C=O) groups is 2. The van der Waals surface area contributed by atoms with Crippen LogP contribution in [0.5, 0.6) is 0 Å². The Morgan fingerprint density at radius 3 is 2.35 bits per heavy atom. The Kier molecular flexibility index (Phi) is 5.43. The Morgan fingerprint density at radius 1 is 1.04 bits per heavy atom. The number of aromatic nitrogens is 2. The van der Waals surface area contributed by atoms with Crippen molar-refractivity contribution in [1.29, 1.82) is 0 Å². The van der Waals surface area contributed by atoms with Crippen molar-refractivity contribution in [3.63, 3.8) is 0 Å². The molecule has 0 fully saturated rings. The zero-order valence-corrected chi connectivity index (χ0v) is 15.3. The summed E-state index contributed by atoms with van der Waals surface area (Å²) in [5, 5.41) is 10.3. The van der Waals surface area contributed by atoms with Gasteiger partial charge in [-0.05, 0) is 42.0 Å². The zero-order chi connectivity index (χ0) is 18.5. The van der Waals surface area contributed by atoms with Gasteiger partial charge in [-0.25, -0.2) is 4.79 Å². The van der Waals surface area contributed by atoms with E-state index in [-0.39, 0.29) is 6.01 Å². The van der Waals surface area contributed by atoms with Crippen LogP contribution in [-0.2, 0) is 11.2 Å². The molecule has 0 atom stereocenters. The molecule has 26 heavy (non-hydrogen) atoms. The number of anilines is 1. The van der Waals surface area contributed by atoms with Crippen LogP contribution in [0.4, 0.5) is 6.01 Å². The molecular weight excluding hydrogens is 402 g/mol. The first-order valence-electron chi connectivity index (χ1n) is 7.61. The van der Waals surface area contributed by atoms with Gasteiger partial charge in [-0.15, -0.1) is 5.10 Å². The molecule has 0 radical (unpaired) electrons. The normalized spacial score (nSPS) is 10.4. The van der Waals surface area contributed by atoms with Gasteiger partial charge in [0.05, 0.1) is 19.1 Å². The van der Waals surface area contributed by atoms with E-state index in [9.17, 15) is 9.59 Å². The predicted octanol–water partition coefficient (Wildman–Crippen LogP) is 3.46. The minimum absolute atomic E-state index is 0.0131. The number of hydrogen-bond acceptors (Lipinski definition) is 6. The van der Waals surface area contributed by atoms with E-state index in [1.807, 2.05) is 24.3 Å². The first-order chi connectivity index (χ1) is 12.5. The molecule has 0 aliphatic heterocycles. The maximum atomic E-state index is 12.2. The number of halogens is 1. The van der Waals surface area contributed by atoms with Gasteiger partial charge in [-0.2, -0.15) is 0 Å². The summed E-state index contributed by atoms with van der Waals surface area (Å²) in [6, 6.07) is 13.8. The van der Waals surface area contributed by atoms with Gasteiger partial charge < -0.3 is 9.15 Å². The average molecular weight is 416 g/mol. The van der Waals surface area contributed by atoms with Gasteiger partial charge in [0, 0.05) is 10.0 Å². The lowest BCUT2D eigenvalue weighted by molar-refractivity contribution is 0.0600. The maximum Gasteiger partial charge on any atom is 0.337 e. The second-order valence-electron chi connectivity index (χ2n) is 5.33. The number of nitrogens with zero attached hydrogens (tertiary/aromatic N) is 2. The van der Waals surface area contributed by atoms with Crippen LogP contribution < -0.4 is 5.32 Å². The van der Waals surface area contributed by atoms with Gasteiger partial charge in [0.1, 0.15) is 0 Å². The number of methoxy groups -OCH3 is 1. The van der Waals surface area contributed by atoms with Crippen molar-refractivity contribution in [3.8, 4) is 0 Å². The largest absolute Gasteiger partial charge is 0.465 e. The number of esters is 1. The molecule has 3 aromatic rings. The van der Waals surface area contributed by atoms with Crippen LogP contribution in [0.1, 0.15) is 32.2 Å². The fourth-order valence-corrected chi connectivity index (χ4v) is 2.46. The molecule has 1 aromatic heterocycles. The fraction of sp³-hybridized carbons (Fsp3) is 0.111. The van der Waals surface area contributed by atoms with Crippen LogP contribution in [0.3, 0.4) is 0 Å². The molecule has 0 saturated heterocycles. The van der Waals surface area contributed by atoms with Crippen LogP contribution >= 0.6 is 15.9 Å². The van der Waals surface area contributed by atoms with Gasteiger partial charge in [0.15, 0.2) is 0 Å². The van der Waals surface area contributed by atoms with E-state index < -0.39 is 11.9 Å². The highest BCUT2D eigenvalue weighted by atomic mass is 79.9. The highest BCUT2D eigenvalue weighted by molar-refractivity contribution is 9.10. The molecule has 0 unspecified atom stereocenters. The lowest BCUT2D eigenvalue weighted by Crippen LogP contribution is -2.12. The molecule has 7 nitrogen and oxygen atoms in total. The smallest absolute Gasteiger partial charge is 0.337 e. The number of ether oxygens (including phenoxy) is 1. The van der Waals surface area contributed by atoms with Crippen molar-refractivity contribution in [2.45, 2.75) is 6.42 Å². The summed E-state index contributed by atoms with van der Waals surface area (Å²) in [4.78, 5) is 23.6. The highest BCUT2D eigenvalue weighted by Gasteiger charge is 2.13. The zero-order valence-electron chi connectivity index (χ0n) is 13.7. The molecule has 8 heteroatoms. The third-order valence-corrected chi connectivity index (χ3v) is 4.05. The molecule has 3 rings (SSSR count). The molecular formula is C18H14BrN3O4. The SMILES string of the molecule is COC(=O)c1ccc(C(=O)Nc2nnc(Cc3ccc(Br)cc3)o2)cc1. The van der Waals surface area contributed by atoms with Gasteiger partial charge in [-0.3, -0.25) is 10.1 Å². The van der Waals surface area contributed by atoms with Crippen molar-refractivity contribution in [1.82, 2.24) is 10.2 Å². The lowest BCUT2D eigenvalue weighted by atomic mass is 10.1. The summed E-state index contributed by atoms with van der Waals surface area (Å²) < 4.78 is 11.0. The monoisotopic (exact) mass is 415 g/mol. The van der Waals surface area contributed by atoms with E-state index in [0.717, 1.165) is 10.0 Å². The predicted molar refractivity (Wildman–Crippen MR) is 97.0 cm³/mol. The third-order valence-electron chi connectivity index (χ3n) is 3.52. The summed E-state index contributed by atoms with van der Waals surface area (Å²) in [5.41, 5.74) is 1.72. The molecule has 1 amide bonds. The van der Waals surface area contributed by atoms with Gasteiger partial charge >= 0.3 is 12.0 Å². The molecule has 0 saturated carbocycles. The summed E-state index contributed by atoms with van der Waals surface area (Å²) in [6.45, 7) is 0. The Bertz CT molecular complexity index is 920. The van der Waals surface area contributed by atoms with Crippen molar-refractivity contribution >= 4 is 33.8 Å². The standard InChI is InChI=1S/C18H14BrN3O4/c1-25-17(24)13-6-4-12(5-7-13)16(23)20-18-22-21-15(26-18)10-11-2-8-14(19)9-3-11/h2-9H,10H2,1H3,(H,20,22,23). The van der Waals surface area contributed by atoms with Crippen molar-refractivity contribution in [2.75, 3.05) is 12.4 Å². The minimum Gasteiger partial charge on any atom is -0.465 e. The summed E-state index contributed by atoms with van der Waals surface area (Å²) >= 11 is 3.38. The fourth-order valence-electron chi connectivity index (χ4n) is 2.20. The van der Waals surface area contributed by atoms with Gasteiger partial charge in [0.25, 0.3) is 5.91 Å². The third kappa shape index (κ3) is 4.34. The van der Waals surface area contributed by atoms with E-state index in [1.54, 1.807) is 0 Å². The molecule has 0 bridgehead atoms. The molecule has 0 aliphatic rings. The highest BCUT2D eigenvalue weighted by Crippen LogP contribution is 2.15. The molecule has 132 valence electrons. The van der Waals surface area contributed by atoms with Crippen molar-refractivity contribution in [3.05, 3.63) is 75.6 Å². The Morgan fingerprint density at radius 2 is 1.69 bits per heavy atom. The topological polar surface area (TPSA) is 94.3 Å². The minimum atomic E-state index is -0.466. The summed E-state index contributed by atoms with van der Waals surface area (Å²) in [7, 11) is 1.30. The number of amides is 1. The second kappa shape index (κ2) is 7.92. The maximum absolute atomic E-state index is 12.2.